The number of fused-ring (bicyclic) bond motifs is 1. The highest BCUT2D eigenvalue weighted by Crippen LogP contribution is 2.59. The number of allylic oxidation sites excluding steroid dienone is 1. The molecule has 3 rings (SSSR count). The van der Waals surface area contributed by atoms with Gasteiger partial charge >= 0.3 is 5.97 Å². The lowest BCUT2D eigenvalue weighted by Crippen LogP contribution is -2.59. The molecule has 2 bridgehead atoms. The zero-order valence-electron chi connectivity index (χ0n) is 20.8. The zero-order chi connectivity index (χ0) is 25.0. The molecule has 3 fully saturated rings. The number of ether oxygens (including phenoxy) is 2. The van der Waals surface area contributed by atoms with Crippen LogP contribution in [0.5, 0.6) is 0 Å². The van der Waals surface area contributed by atoms with Gasteiger partial charge < -0.3 is 24.4 Å². The summed E-state index contributed by atoms with van der Waals surface area (Å²) in [4.78, 5) is 44.2. The van der Waals surface area contributed by atoms with Crippen molar-refractivity contribution >= 4 is 17.8 Å². The number of carbonyl (C=O) groups excluding carboxylic acids is 3. The maximum absolute atomic E-state index is 14.1. The quantitative estimate of drug-likeness (QED) is 0.249. The van der Waals surface area contributed by atoms with E-state index in [2.05, 4.69) is 20.1 Å². The van der Waals surface area contributed by atoms with Crippen molar-refractivity contribution in [1.82, 2.24) is 9.80 Å². The molecule has 2 amide bonds. The second-order valence-electron chi connectivity index (χ2n) is 9.85. The fourth-order valence-corrected chi connectivity index (χ4v) is 6.05. The van der Waals surface area contributed by atoms with Gasteiger partial charge in [-0.1, -0.05) is 25.5 Å². The Bertz CT molecular complexity index is 800. The number of esters is 1. The second-order valence-corrected chi connectivity index (χ2v) is 9.85. The predicted molar refractivity (Wildman–Crippen MR) is 128 cm³/mol. The van der Waals surface area contributed by atoms with Crippen molar-refractivity contribution in [1.29, 1.82) is 0 Å². The Morgan fingerprint density at radius 3 is 2.71 bits per heavy atom. The van der Waals surface area contributed by atoms with Gasteiger partial charge in [0.25, 0.3) is 0 Å². The monoisotopic (exact) mass is 476 g/mol. The van der Waals surface area contributed by atoms with E-state index >= 15 is 0 Å². The average Bonchev–Trinajstić information content (AvgIpc) is 3.46. The summed E-state index contributed by atoms with van der Waals surface area (Å²) in [6.07, 6.45) is 7.24. The molecule has 3 heterocycles. The van der Waals surface area contributed by atoms with Crippen LogP contribution in [0.1, 0.15) is 59.3 Å². The molecule has 3 aliphatic heterocycles. The Hall–Kier alpha value is -2.19. The van der Waals surface area contributed by atoms with Crippen LogP contribution in [0.25, 0.3) is 0 Å². The van der Waals surface area contributed by atoms with Crippen LogP contribution in [0.3, 0.4) is 0 Å². The maximum atomic E-state index is 14.1. The van der Waals surface area contributed by atoms with E-state index in [0.717, 1.165) is 19.3 Å². The normalized spacial score (nSPS) is 31.2. The number of aliphatic hydroxyl groups excluding tert-OH is 1. The largest absolute Gasteiger partial charge is 0.465 e. The molecule has 7 atom stereocenters. The molecular formula is C26H40N2O6. The SMILES string of the molecule is C=CCCCOC(=O)[C@@H]1[C@H]2C(=O)N([C@H](C)CO)C(C(=O)N(CC=C)C(C)CCC)C23CC[C@H]1O3. The highest BCUT2D eigenvalue weighted by atomic mass is 16.6. The number of unbranched alkanes of at least 4 members (excludes halogenated alkanes) is 1. The second kappa shape index (κ2) is 11.0. The molecule has 8 nitrogen and oxygen atoms in total. The van der Waals surface area contributed by atoms with Gasteiger partial charge in [-0.2, -0.15) is 0 Å². The van der Waals surface area contributed by atoms with E-state index in [0.29, 0.717) is 25.8 Å². The van der Waals surface area contributed by atoms with Gasteiger partial charge in [-0.15, -0.1) is 13.2 Å². The number of likely N-dealkylation sites (tertiary alicyclic amines) is 1. The van der Waals surface area contributed by atoms with Crippen LogP contribution < -0.4 is 0 Å². The number of amides is 2. The van der Waals surface area contributed by atoms with Gasteiger partial charge in [0.2, 0.25) is 11.8 Å². The van der Waals surface area contributed by atoms with Gasteiger partial charge in [0.1, 0.15) is 11.6 Å². The molecule has 190 valence electrons. The third-order valence-electron chi connectivity index (χ3n) is 7.63. The van der Waals surface area contributed by atoms with E-state index in [1.165, 1.54) is 4.90 Å². The van der Waals surface area contributed by atoms with Gasteiger partial charge in [0.05, 0.1) is 37.2 Å². The fraction of sp³-hybridized carbons (Fsp3) is 0.731. The van der Waals surface area contributed by atoms with E-state index < -0.39 is 41.6 Å². The number of carbonyl (C=O) groups is 3. The Balaban J connectivity index is 1.96. The lowest BCUT2D eigenvalue weighted by atomic mass is 9.70. The van der Waals surface area contributed by atoms with Crippen molar-refractivity contribution in [3.05, 3.63) is 25.3 Å². The summed E-state index contributed by atoms with van der Waals surface area (Å²) in [5.74, 6) is -2.49. The van der Waals surface area contributed by atoms with Gasteiger partial charge in [0.15, 0.2) is 0 Å². The van der Waals surface area contributed by atoms with Gasteiger partial charge in [0, 0.05) is 12.6 Å². The number of hydrogen-bond donors (Lipinski definition) is 1. The van der Waals surface area contributed by atoms with Gasteiger partial charge in [-0.25, -0.2) is 0 Å². The first-order valence-electron chi connectivity index (χ1n) is 12.6. The minimum Gasteiger partial charge on any atom is -0.465 e. The number of rotatable bonds is 13. The standard InChI is InChI=1S/C26H40N2O6/c1-6-9-10-15-33-25(32)20-19-12-13-26(34-19)21(20)23(30)28(18(5)16-29)22(26)24(31)27(14-8-3)17(4)11-7-2/h6,8,17-22,29H,1,3,7,9-16H2,2,4-5H3/t17?,18-,19-,20+,21+,22?,26?/m1/s1. The Morgan fingerprint density at radius 1 is 1.35 bits per heavy atom. The smallest absolute Gasteiger partial charge is 0.312 e. The molecule has 0 radical (unpaired) electrons. The maximum Gasteiger partial charge on any atom is 0.312 e. The Kier molecular flexibility index (Phi) is 8.57. The molecular weight excluding hydrogens is 436 g/mol. The van der Waals surface area contributed by atoms with Crippen LogP contribution in [-0.2, 0) is 23.9 Å². The molecule has 34 heavy (non-hydrogen) atoms. The minimum absolute atomic E-state index is 0.0449. The van der Waals surface area contributed by atoms with E-state index in [1.54, 1.807) is 24.0 Å². The van der Waals surface area contributed by atoms with Crippen LogP contribution in [-0.4, -0.2) is 82.3 Å². The average molecular weight is 477 g/mol. The molecule has 0 aromatic rings. The molecule has 0 aromatic heterocycles. The summed E-state index contributed by atoms with van der Waals surface area (Å²) >= 11 is 0. The number of nitrogens with zero attached hydrogens (tertiary/aromatic N) is 2. The summed E-state index contributed by atoms with van der Waals surface area (Å²) in [6, 6.07) is -1.52. The fourth-order valence-electron chi connectivity index (χ4n) is 6.05. The third-order valence-corrected chi connectivity index (χ3v) is 7.63. The molecule has 3 unspecified atom stereocenters. The Morgan fingerprint density at radius 2 is 2.09 bits per heavy atom. The van der Waals surface area contributed by atoms with Gasteiger partial charge in [-0.05, 0) is 46.0 Å². The third kappa shape index (κ3) is 4.42. The van der Waals surface area contributed by atoms with Crippen LogP contribution >= 0.6 is 0 Å². The highest BCUT2D eigenvalue weighted by molar-refractivity contribution is 5.98. The summed E-state index contributed by atoms with van der Waals surface area (Å²) in [5, 5.41) is 9.94. The first kappa shape index (κ1) is 26.4. The van der Waals surface area contributed by atoms with Crippen molar-refractivity contribution in [2.75, 3.05) is 19.8 Å². The van der Waals surface area contributed by atoms with E-state index in [4.69, 9.17) is 9.47 Å². The first-order chi connectivity index (χ1) is 16.3. The van der Waals surface area contributed by atoms with Crippen molar-refractivity contribution in [2.24, 2.45) is 11.8 Å². The minimum atomic E-state index is -1.08. The summed E-state index contributed by atoms with van der Waals surface area (Å²) in [7, 11) is 0. The van der Waals surface area contributed by atoms with Crippen molar-refractivity contribution in [2.45, 2.75) is 89.1 Å². The first-order valence-corrected chi connectivity index (χ1v) is 12.6. The van der Waals surface area contributed by atoms with E-state index in [-0.39, 0.29) is 31.1 Å². The predicted octanol–water partition coefficient (Wildman–Crippen LogP) is 2.45. The van der Waals surface area contributed by atoms with Crippen LogP contribution in [0.4, 0.5) is 0 Å². The molecule has 1 N–H and O–H groups in total. The summed E-state index contributed by atoms with van der Waals surface area (Å²) < 4.78 is 11.9. The number of hydrogen-bond acceptors (Lipinski definition) is 6. The van der Waals surface area contributed by atoms with Crippen molar-refractivity contribution in [3.63, 3.8) is 0 Å². The highest BCUT2D eigenvalue weighted by Gasteiger charge is 2.75. The van der Waals surface area contributed by atoms with Crippen molar-refractivity contribution < 1.29 is 29.0 Å². The number of aliphatic hydroxyl groups is 1. The molecule has 8 heteroatoms. The molecule has 0 saturated carbocycles. The Labute approximate surface area is 202 Å². The lowest BCUT2D eigenvalue weighted by molar-refractivity contribution is -0.156. The van der Waals surface area contributed by atoms with Crippen molar-refractivity contribution in [3.8, 4) is 0 Å². The molecule has 3 saturated heterocycles. The molecule has 0 aromatic carbocycles. The topological polar surface area (TPSA) is 96.4 Å². The van der Waals surface area contributed by atoms with Crippen LogP contribution in [0.15, 0.2) is 25.3 Å². The lowest BCUT2D eigenvalue weighted by Gasteiger charge is -2.40. The molecule has 0 aliphatic carbocycles. The van der Waals surface area contributed by atoms with Crippen LogP contribution in [0.2, 0.25) is 0 Å². The summed E-state index contributed by atoms with van der Waals surface area (Å²) in [5.41, 5.74) is -1.08. The summed E-state index contributed by atoms with van der Waals surface area (Å²) in [6.45, 7) is 13.6. The molecule has 1 spiro atoms. The van der Waals surface area contributed by atoms with E-state index in [1.807, 2.05) is 6.92 Å². The van der Waals surface area contributed by atoms with Crippen LogP contribution in [0, 0.1) is 11.8 Å². The molecule has 3 aliphatic rings. The zero-order valence-corrected chi connectivity index (χ0v) is 20.8. The van der Waals surface area contributed by atoms with Gasteiger partial charge in [-0.3, -0.25) is 14.4 Å². The van der Waals surface area contributed by atoms with E-state index in [9.17, 15) is 19.5 Å².